The quantitative estimate of drug-likeness (QED) is 0.578. The molecule has 4 N–H and O–H groups in total. The number of esters is 1. The fourth-order valence-electron chi connectivity index (χ4n) is 2.23. The Morgan fingerprint density at radius 2 is 1.79 bits per heavy atom. The summed E-state index contributed by atoms with van der Waals surface area (Å²) in [7, 11) is -3.88. The van der Waals surface area contributed by atoms with Crippen molar-refractivity contribution in [1.29, 1.82) is 0 Å². The highest BCUT2D eigenvalue weighted by Gasteiger charge is 2.29. The second kappa shape index (κ2) is 8.85. The van der Waals surface area contributed by atoms with E-state index in [1.165, 1.54) is 24.3 Å². The fourth-order valence-corrected chi connectivity index (χ4v) is 4.30. The molecular formula is C17H19N3O6S2. The summed E-state index contributed by atoms with van der Waals surface area (Å²) >= 11 is 1.02. The number of rotatable bonds is 7. The van der Waals surface area contributed by atoms with Crippen LogP contribution in [0.15, 0.2) is 46.0 Å². The third-order valence-electron chi connectivity index (χ3n) is 3.50. The summed E-state index contributed by atoms with van der Waals surface area (Å²) in [6.07, 6.45) is -1.29. The number of thiophene rings is 1. The van der Waals surface area contributed by atoms with Crippen LogP contribution < -0.4 is 15.8 Å². The number of urea groups is 1. The van der Waals surface area contributed by atoms with Crippen LogP contribution in [0.2, 0.25) is 0 Å². The average Bonchev–Trinajstić information content (AvgIpc) is 3.14. The number of para-hydroxylation sites is 1. The second-order valence-electron chi connectivity index (χ2n) is 6.01. The molecule has 1 aromatic carbocycles. The largest absolute Gasteiger partial charge is 0.448 e. The Morgan fingerprint density at radius 3 is 2.36 bits per heavy atom. The number of hydrogen-bond acceptors (Lipinski definition) is 7. The van der Waals surface area contributed by atoms with E-state index in [1.807, 2.05) is 5.32 Å². The minimum absolute atomic E-state index is 0.00119. The summed E-state index contributed by atoms with van der Waals surface area (Å²) in [5, 5.41) is 3.48. The highest BCUT2D eigenvalue weighted by atomic mass is 32.2. The van der Waals surface area contributed by atoms with E-state index in [0.717, 1.165) is 11.3 Å². The number of carbonyl (C=O) groups excluding carboxylic acids is 3. The van der Waals surface area contributed by atoms with Gasteiger partial charge in [0.05, 0.1) is 11.3 Å². The van der Waals surface area contributed by atoms with Crippen molar-refractivity contribution in [3.8, 4) is 0 Å². The summed E-state index contributed by atoms with van der Waals surface area (Å²) in [6.45, 7) is 3.23. The van der Waals surface area contributed by atoms with E-state index in [-0.39, 0.29) is 15.5 Å². The van der Waals surface area contributed by atoms with Crippen molar-refractivity contribution in [1.82, 2.24) is 5.32 Å². The molecule has 0 saturated carbocycles. The molecule has 0 spiro atoms. The van der Waals surface area contributed by atoms with Gasteiger partial charge in [-0.15, -0.1) is 11.3 Å². The lowest BCUT2D eigenvalue weighted by Crippen LogP contribution is -2.45. The first-order valence-electron chi connectivity index (χ1n) is 8.08. The summed E-state index contributed by atoms with van der Waals surface area (Å²) in [4.78, 5) is 35.5. The maximum atomic E-state index is 12.6. The molecule has 0 bridgehead atoms. The van der Waals surface area contributed by atoms with Crippen LogP contribution >= 0.6 is 11.3 Å². The van der Waals surface area contributed by atoms with Crippen molar-refractivity contribution < 1.29 is 27.5 Å². The van der Waals surface area contributed by atoms with Gasteiger partial charge in [0.25, 0.3) is 15.9 Å². The first-order chi connectivity index (χ1) is 13.1. The molecular weight excluding hydrogens is 406 g/mol. The molecule has 0 aliphatic rings. The number of amides is 3. The highest BCUT2D eigenvalue weighted by molar-refractivity contribution is 7.94. The molecule has 9 nitrogen and oxygen atoms in total. The zero-order valence-corrected chi connectivity index (χ0v) is 16.7. The van der Waals surface area contributed by atoms with E-state index in [4.69, 9.17) is 10.5 Å². The van der Waals surface area contributed by atoms with Crippen LogP contribution in [-0.2, 0) is 19.6 Å². The number of nitrogens with one attached hydrogen (secondary N) is 2. The Bertz CT molecular complexity index is 971. The van der Waals surface area contributed by atoms with Gasteiger partial charge in [0.1, 0.15) is 4.21 Å². The fraction of sp³-hybridized carbons (Fsp3) is 0.235. The average molecular weight is 425 g/mol. The van der Waals surface area contributed by atoms with Gasteiger partial charge in [-0.1, -0.05) is 32.0 Å². The predicted octanol–water partition coefficient (Wildman–Crippen LogP) is 1.93. The summed E-state index contributed by atoms with van der Waals surface area (Å²) in [5.41, 5.74) is 4.84. The van der Waals surface area contributed by atoms with Crippen molar-refractivity contribution in [3.63, 3.8) is 0 Å². The third-order valence-corrected chi connectivity index (χ3v) is 6.26. The summed E-state index contributed by atoms with van der Waals surface area (Å²) < 4.78 is 32.5. The number of imide groups is 1. The topological polar surface area (TPSA) is 145 Å². The Morgan fingerprint density at radius 1 is 1.11 bits per heavy atom. The van der Waals surface area contributed by atoms with Crippen LogP contribution in [0.4, 0.5) is 10.5 Å². The minimum atomic E-state index is -3.88. The van der Waals surface area contributed by atoms with Gasteiger partial charge in [-0.05, 0) is 29.5 Å². The number of ether oxygens (including phenoxy) is 1. The lowest BCUT2D eigenvalue weighted by molar-refractivity contribution is -0.130. The van der Waals surface area contributed by atoms with Crippen molar-refractivity contribution in [2.45, 2.75) is 24.2 Å². The molecule has 2 aromatic rings. The van der Waals surface area contributed by atoms with Gasteiger partial charge in [0.15, 0.2) is 6.10 Å². The van der Waals surface area contributed by atoms with Crippen LogP contribution in [0, 0.1) is 5.92 Å². The van der Waals surface area contributed by atoms with Crippen LogP contribution in [-0.4, -0.2) is 32.4 Å². The van der Waals surface area contributed by atoms with Gasteiger partial charge < -0.3 is 10.5 Å². The molecule has 0 fully saturated rings. The summed E-state index contributed by atoms with van der Waals surface area (Å²) in [5.74, 6) is -2.26. The number of benzene rings is 1. The van der Waals surface area contributed by atoms with E-state index in [2.05, 4.69) is 4.72 Å². The number of nitrogens with two attached hydrogens (primary N) is 1. The second-order valence-corrected chi connectivity index (χ2v) is 8.86. The molecule has 3 amide bonds. The molecule has 0 saturated heterocycles. The van der Waals surface area contributed by atoms with Gasteiger partial charge in [-0.2, -0.15) is 0 Å². The monoisotopic (exact) mass is 425 g/mol. The normalized spacial score (nSPS) is 12.2. The van der Waals surface area contributed by atoms with Gasteiger partial charge >= 0.3 is 12.0 Å². The molecule has 1 heterocycles. The van der Waals surface area contributed by atoms with Gasteiger partial charge in [0, 0.05) is 0 Å². The SMILES string of the molecule is CC(C)[C@H](OC(=O)c1ccccc1NS(=O)(=O)c1cccs1)C(=O)NC(N)=O. The van der Waals surface area contributed by atoms with Crippen molar-refractivity contribution in [3.05, 3.63) is 47.3 Å². The van der Waals surface area contributed by atoms with Crippen molar-refractivity contribution in [2.24, 2.45) is 11.7 Å². The van der Waals surface area contributed by atoms with E-state index in [9.17, 15) is 22.8 Å². The Labute approximate surface area is 165 Å². The van der Waals surface area contributed by atoms with Crippen molar-refractivity contribution in [2.75, 3.05) is 4.72 Å². The lowest BCUT2D eigenvalue weighted by Gasteiger charge is -2.20. The van der Waals surface area contributed by atoms with Crippen LogP contribution in [0.5, 0.6) is 0 Å². The molecule has 28 heavy (non-hydrogen) atoms. The molecule has 0 aliphatic carbocycles. The minimum Gasteiger partial charge on any atom is -0.448 e. The molecule has 1 atom stereocenters. The van der Waals surface area contributed by atoms with Crippen molar-refractivity contribution >= 4 is 45.0 Å². The Kier molecular flexibility index (Phi) is 6.75. The Hall–Kier alpha value is -2.92. The number of hydrogen-bond donors (Lipinski definition) is 3. The molecule has 1 aromatic heterocycles. The third kappa shape index (κ3) is 5.30. The van der Waals surface area contributed by atoms with Gasteiger partial charge in [-0.25, -0.2) is 18.0 Å². The standard InChI is InChI=1S/C17H19N3O6S2/c1-10(2)14(15(21)19-17(18)23)26-16(22)11-6-3-4-7-12(11)20-28(24,25)13-8-5-9-27-13/h3-10,14,20H,1-2H3,(H3,18,19,21,23)/t14-/m0/s1. The number of primary amides is 1. The maximum Gasteiger partial charge on any atom is 0.341 e. The van der Waals surface area contributed by atoms with E-state index < -0.39 is 40.0 Å². The highest BCUT2D eigenvalue weighted by Crippen LogP contribution is 2.24. The summed E-state index contributed by atoms with van der Waals surface area (Å²) in [6, 6.07) is 7.76. The first kappa shape index (κ1) is 21.4. The van der Waals surface area contributed by atoms with Gasteiger partial charge in [0.2, 0.25) is 0 Å². The zero-order chi connectivity index (χ0) is 20.9. The molecule has 0 radical (unpaired) electrons. The lowest BCUT2D eigenvalue weighted by atomic mass is 10.1. The zero-order valence-electron chi connectivity index (χ0n) is 15.0. The van der Waals surface area contributed by atoms with E-state index in [0.29, 0.717) is 0 Å². The molecule has 2 rings (SSSR count). The smallest absolute Gasteiger partial charge is 0.341 e. The van der Waals surface area contributed by atoms with E-state index in [1.54, 1.807) is 31.4 Å². The number of carbonyl (C=O) groups is 3. The van der Waals surface area contributed by atoms with Crippen LogP contribution in [0.1, 0.15) is 24.2 Å². The molecule has 0 unspecified atom stereocenters. The number of sulfonamides is 1. The molecule has 0 aliphatic heterocycles. The molecule has 11 heteroatoms. The predicted molar refractivity (Wildman–Crippen MR) is 103 cm³/mol. The first-order valence-corrected chi connectivity index (χ1v) is 10.4. The van der Waals surface area contributed by atoms with E-state index >= 15 is 0 Å². The van der Waals surface area contributed by atoms with Gasteiger partial charge in [-0.3, -0.25) is 14.8 Å². The van der Waals surface area contributed by atoms with Crippen LogP contribution in [0.3, 0.4) is 0 Å². The van der Waals surface area contributed by atoms with Crippen LogP contribution in [0.25, 0.3) is 0 Å². The number of anilines is 1. The maximum absolute atomic E-state index is 12.6. The Balaban J connectivity index is 2.26. The molecule has 150 valence electrons.